The minimum Gasteiger partial charge on any atom is -0.395 e. The molecule has 44 heavy (non-hydrogen) atoms. The molecule has 0 heterocycles. The van der Waals surface area contributed by atoms with Crippen LogP contribution in [0.25, 0.3) is 0 Å². The first-order chi connectivity index (χ1) is 21.4. The number of aliphatic hydroxyl groups is 4. The maximum Gasteiger partial charge on any atom is 0.0894 e. The molecule has 11 N–H and O–H groups in total. The van der Waals surface area contributed by atoms with Crippen LogP contribution in [0.5, 0.6) is 0 Å². The Hall–Kier alpha value is -0.840. The fourth-order valence-corrected chi connectivity index (χ4v) is 4.83. The Morgan fingerprint density at radius 1 is 0.432 bits per heavy atom. The Morgan fingerprint density at radius 2 is 0.659 bits per heavy atom. The molecule has 0 aliphatic rings. The molecule has 4 atom stereocenters. The van der Waals surface area contributed by atoms with Crippen LogP contribution >= 0.6 is 0 Å². The van der Waals surface area contributed by atoms with Crippen molar-refractivity contribution in [3.05, 3.63) is 24.3 Å². The number of rotatable bonds is 30. The Balaban J connectivity index is -0.000000723. The fraction of sp³-hybridized carbons (Fsp3) is 0.889. The number of aliphatic hydroxyl groups excluding tert-OH is 4. The lowest BCUT2D eigenvalue weighted by molar-refractivity contribution is 0.143. The molecule has 0 radical (unpaired) electrons. The van der Waals surface area contributed by atoms with Gasteiger partial charge < -0.3 is 37.1 Å². The topological polar surface area (TPSA) is 179 Å². The summed E-state index contributed by atoms with van der Waals surface area (Å²) >= 11 is 0. The van der Waals surface area contributed by atoms with Crippen LogP contribution in [0.2, 0.25) is 0 Å². The van der Waals surface area contributed by atoms with E-state index in [0.29, 0.717) is 0 Å². The molecule has 0 saturated carbocycles. The number of hydrogen-bond donors (Lipinski definition) is 8. The van der Waals surface area contributed by atoms with Gasteiger partial charge in [0.05, 0.1) is 37.5 Å². The normalized spacial score (nSPS) is 14.1. The van der Waals surface area contributed by atoms with Crippen molar-refractivity contribution < 1.29 is 25.6 Å². The molecule has 0 aliphatic carbocycles. The summed E-state index contributed by atoms with van der Waals surface area (Å²) in [7, 11) is 0. The predicted octanol–water partition coefficient (Wildman–Crippen LogP) is 7.18. The van der Waals surface area contributed by atoms with Crippen LogP contribution in [0.3, 0.4) is 0 Å². The number of nitrogens with two attached hydrogens (primary N) is 3. The molecule has 0 amide bonds. The summed E-state index contributed by atoms with van der Waals surface area (Å²) in [6.45, 7) is 4.17. The van der Waals surface area contributed by atoms with E-state index in [2.05, 4.69) is 19.7 Å². The molecule has 0 rings (SSSR count). The molecule has 0 bridgehead atoms. The second-order valence-corrected chi connectivity index (χ2v) is 12.2. The largest absolute Gasteiger partial charge is 0.395 e. The van der Waals surface area contributed by atoms with Gasteiger partial charge in [0, 0.05) is 0 Å². The van der Waals surface area contributed by atoms with Crippen LogP contribution in [-0.2, 0) is 0 Å². The molecule has 8 heteroatoms. The van der Waals surface area contributed by atoms with Gasteiger partial charge in [-0.15, -0.1) is 0 Å². The van der Waals surface area contributed by atoms with Crippen molar-refractivity contribution in [3.8, 4) is 0 Å². The summed E-state index contributed by atoms with van der Waals surface area (Å²) in [5.74, 6) is 3.50. The zero-order valence-corrected chi connectivity index (χ0v) is 29.0. The lowest BCUT2D eigenvalue weighted by atomic mass is 10.0. The van der Waals surface area contributed by atoms with E-state index in [-0.39, 0.29) is 13.2 Å². The molecule has 0 spiro atoms. The third kappa shape index (κ3) is 39.2. The third-order valence-electron chi connectivity index (χ3n) is 7.91. The van der Waals surface area contributed by atoms with Crippen LogP contribution in [0, 0.1) is 0 Å². The summed E-state index contributed by atoms with van der Waals surface area (Å²) in [4.78, 5) is 0. The predicted molar refractivity (Wildman–Crippen MR) is 189 cm³/mol. The van der Waals surface area contributed by atoms with Gasteiger partial charge in [0.1, 0.15) is 0 Å². The monoisotopic (exact) mass is 632 g/mol. The third-order valence-corrected chi connectivity index (χ3v) is 7.91. The average Bonchev–Trinajstić information content (AvgIpc) is 3.05. The van der Waals surface area contributed by atoms with Gasteiger partial charge in [0.25, 0.3) is 0 Å². The zero-order chi connectivity index (χ0) is 33.5. The SMILES string of the molecule is CCCCCCCCCCCCC/C=C/C(O)C(N)CO.CCCCCCCCCCCCC/C=C/C(O)C(N)CO.NO. The molecule has 0 aromatic heterocycles. The molecule has 8 nitrogen and oxygen atoms in total. The first-order valence-corrected chi connectivity index (χ1v) is 18.1. The quantitative estimate of drug-likeness (QED) is 0.0233. The molecule has 266 valence electrons. The first-order valence-electron chi connectivity index (χ1n) is 18.1. The molecular weight excluding hydrogens is 554 g/mol. The van der Waals surface area contributed by atoms with Crippen LogP contribution < -0.4 is 17.4 Å². The van der Waals surface area contributed by atoms with Gasteiger partial charge in [-0.05, 0) is 25.7 Å². The highest BCUT2D eigenvalue weighted by atomic mass is 16.4. The van der Waals surface area contributed by atoms with E-state index in [1.165, 1.54) is 141 Å². The number of allylic oxidation sites excluding steroid dienone is 2. The van der Waals surface area contributed by atoms with Gasteiger partial charge in [-0.1, -0.05) is 167 Å². The number of unbranched alkanes of at least 4 members (excludes halogenated alkanes) is 22. The summed E-state index contributed by atoms with van der Waals surface area (Å²) in [5, 5.41) is 43.1. The lowest BCUT2D eigenvalue weighted by Gasteiger charge is -2.11. The smallest absolute Gasteiger partial charge is 0.0894 e. The van der Waals surface area contributed by atoms with Crippen LogP contribution in [0.1, 0.15) is 168 Å². The lowest BCUT2D eigenvalue weighted by Crippen LogP contribution is -2.36. The van der Waals surface area contributed by atoms with Gasteiger partial charge in [-0.25, -0.2) is 5.90 Å². The van der Waals surface area contributed by atoms with Crippen molar-refractivity contribution in [2.75, 3.05) is 13.2 Å². The highest BCUT2D eigenvalue weighted by Gasteiger charge is 2.09. The molecule has 4 unspecified atom stereocenters. The Kier molecular flexibility index (Phi) is 45.6. The van der Waals surface area contributed by atoms with Gasteiger partial charge in [0.15, 0.2) is 0 Å². The molecule has 0 aromatic rings. The molecule has 0 aromatic carbocycles. The molecule has 0 saturated heterocycles. The van der Waals surface area contributed by atoms with E-state index < -0.39 is 24.3 Å². The minimum absolute atomic E-state index is 0.177. The first kappa shape index (κ1) is 47.6. The Morgan fingerprint density at radius 3 is 0.886 bits per heavy atom. The maximum absolute atomic E-state index is 9.52. The standard InChI is InChI=1S/2C18H37NO2.H3NO/c2*1-2-3-4-5-6-7-8-9-10-11-12-13-14-15-18(21)17(19)16-20;1-2/h2*14-15,17-18,20-21H,2-13,16,19H2,1H3;2H,1H2/b2*15-14+;. The number of hydrogen-bond acceptors (Lipinski definition) is 8. The van der Waals surface area contributed by atoms with Crippen LogP contribution in [0.4, 0.5) is 0 Å². The van der Waals surface area contributed by atoms with Gasteiger partial charge in [0.2, 0.25) is 0 Å². The summed E-state index contributed by atoms with van der Waals surface area (Å²) in [6, 6.07) is -1.11. The van der Waals surface area contributed by atoms with Crippen LogP contribution in [0.15, 0.2) is 24.3 Å². The van der Waals surface area contributed by atoms with E-state index in [4.69, 9.17) is 26.9 Å². The van der Waals surface area contributed by atoms with Crippen molar-refractivity contribution in [1.82, 2.24) is 0 Å². The maximum atomic E-state index is 9.52. The van der Waals surface area contributed by atoms with Crippen molar-refractivity contribution in [1.29, 1.82) is 0 Å². The minimum atomic E-state index is -0.720. The Labute approximate surface area is 272 Å². The van der Waals surface area contributed by atoms with Crippen molar-refractivity contribution in [3.63, 3.8) is 0 Å². The highest BCUT2D eigenvalue weighted by molar-refractivity contribution is 4.94. The second kappa shape index (κ2) is 42.2. The summed E-state index contributed by atoms with van der Waals surface area (Å²) < 4.78 is 0. The van der Waals surface area contributed by atoms with Crippen molar-refractivity contribution in [2.45, 2.75) is 192 Å². The van der Waals surface area contributed by atoms with Crippen molar-refractivity contribution >= 4 is 0 Å². The highest BCUT2D eigenvalue weighted by Crippen LogP contribution is 2.13. The Bertz CT molecular complexity index is 518. The summed E-state index contributed by atoms with van der Waals surface area (Å²) in [6.07, 6.45) is 37.6. The molecule has 0 aliphatic heterocycles. The second-order valence-electron chi connectivity index (χ2n) is 12.2. The fourth-order valence-electron chi connectivity index (χ4n) is 4.83. The average molecular weight is 632 g/mol. The summed E-state index contributed by atoms with van der Waals surface area (Å²) in [5.41, 5.74) is 11.0. The van der Waals surface area contributed by atoms with E-state index in [9.17, 15) is 10.2 Å². The zero-order valence-electron chi connectivity index (χ0n) is 29.0. The van der Waals surface area contributed by atoms with E-state index in [0.717, 1.165) is 12.8 Å². The molecular formula is C36H77N3O5. The van der Waals surface area contributed by atoms with E-state index in [1.807, 2.05) is 12.2 Å². The van der Waals surface area contributed by atoms with Crippen LogP contribution in [-0.4, -0.2) is 63.1 Å². The van der Waals surface area contributed by atoms with Gasteiger partial charge in [-0.3, -0.25) is 0 Å². The van der Waals surface area contributed by atoms with E-state index in [1.54, 1.807) is 12.2 Å². The van der Waals surface area contributed by atoms with Crippen molar-refractivity contribution in [2.24, 2.45) is 17.4 Å². The van der Waals surface area contributed by atoms with E-state index >= 15 is 0 Å². The van der Waals surface area contributed by atoms with Gasteiger partial charge in [-0.2, -0.15) is 0 Å². The van der Waals surface area contributed by atoms with Gasteiger partial charge >= 0.3 is 0 Å². The molecule has 0 fully saturated rings.